The molecule has 0 aliphatic carbocycles. The number of carbonyl (C=O) groups is 1. The average Bonchev–Trinajstić information content (AvgIpc) is 2.52. The van der Waals surface area contributed by atoms with Gasteiger partial charge in [0.05, 0.1) is 16.1 Å². The number of halogens is 2. The normalized spacial score (nSPS) is 12.2. The number of carbonyl (C=O) groups excluding carboxylic acids is 1. The molecule has 3 nitrogen and oxygen atoms in total. The van der Waals surface area contributed by atoms with Crippen molar-refractivity contribution in [2.75, 3.05) is 12.4 Å². The summed E-state index contributed by atoms with van der Waals surface area (Å²) >= 11 is 12.2. The maximum absolute atomic E-state index is 12.3. The van der Waals surface area contributed by atoms with Gasteiger partial charge in [-0.3, -0.25) is 9.69 Å². The zero-order valence-electron chi connectivity index (χ0n) is 12.5. The molecule has 0 aliphatic heterocycles. The molecule has 0 radical (unpaired) electrons. The number of rotatable bonds is 5. The predicted molar refractivity (Wildman–Crippen MR) is 92.5 cm³/mol. The Bertz CT molecular complexity index is 646. The Kier molecular flexibility index (Phi) is 5.83. The highest BCUT2D eigenvalue weighted by Crippen LogP contribution is 2.26. The molecular weight excluding hydrogens is 319 g/mol. The van der Waals surface area contributed by atoms with Crippen LogP contribution in [0.25, 0.3) is 0 Å². The number of anilines is 1. The summed E-state index contributed by atoms with van der Waals surface area (Å²) in [6, 6.07) is 14.6. The summed E-state index contributed by atoms with van der Waals surface area (Å²) in [7, 11) is 1.88. The minimum absolute atomic E-state index is 0.0631. The fourth-order valence-corrected chi connectivity index (χ4v) is 2.42. The second kappa shape index (κ2) is 7.63. The third-order valence-corrected chi connectivity index (χ3v) is 4.39. The molecule has 0 unspecified atom stereocenters. The molecule has 0 fully saturated rings. The Morgan fingerprint density at radius 3 is 2.50 bits per heavy atom. The summed E-state index contributed by atoms with van der Waals surface area (Å²) in [6.07, 6.45) is 0. The molecule has 0 saturated heterocycles. The fourth-order valence-electron chi connectivity index (χ4n) is 2.04. The van der Waals surface area contributed by atoms with E-state index in [1.54, 1.807) is 6.07 Å². The number of benzene rings is 2. The minimum Gasteiger partial charge on any atom is -0.325 e. The van der Waals surface area contributed by atoms with Crippen LogP contribution in [0.1, 0.15) is 12.5 Å². The monoisotopic (exact) mass is 336 g/mol. The first-order valence-corrected chi connectivity index (χ1v) is 7.73. The molecule has 0 aliphatic rings. The summed E-state index contributed by atoms with van der Waals surface area (Å²) in [4.78, 5) is 14.2. The second-order valence-corrected chi connectivity index (χ2v) is 5.94. The lowest BCUT2D eigenvalue weighted by Gasteiger charge is -2.24. The number of likely N-dealkylation sites (N-methyl/N-ethyl adjacent to an activating group) is 1. The molecular formula is C17H18Cl2N2O. The van der Waals surface area contributed by atoms with Gasteiger partial charge in [-0.15, -0.1) is 0 Å². The van der Waals surface area contributed by atoms with Crippen LogP contribution in [0, 0.1) is 0 Å². The summed E-state index contributed by atoms with van der Waals surface area (Å²) < 4.78 is 0. The SMILES string of the molecule is C[C@@H](C(=O)Nc1ccccc1)N(C)Cc1cccc(Cl)c1Cl. The van der Waals surface area contributed by atoms with Crippen molar-refractivity contribution in [3.8, 4) is 0 Å². The lowest BCUT2D eigenvalue weighted by molar-refractivity contribution is -0.120. The number of hydrogen-bond acceptors (Lipinski definition) is 2. The van der Waals surface area contributed by atoms with E-state index in [9.17, 15) is 4.79 Å². The van der Waals surface area contributed by atoms with Crippen molar-refractivity contribution in [1.82, 2.24) is 4.90 Å². The van der Waals surface area contributed by atoms with E-state index >= 15 is 0 Å². The van der Waals surface area contributed by atoms with E-state index in [1.165, 1.54) is 0 Å². The van der Waals surface area contributed by atoms with Gasteiger partial charge in [0.15, 0.2) is 0 Å². The highest BCUT2D eigenvalue weighted by Gasteiger charge is 2.19. The quantitative estimate of drug-likeness (QED) is 0.874. The minimum atomic E-state index is -0.296. The molecule has 0 aromatic heterocycles. The molecule has 0 spiro atoms. The van der Waals surface area contributed by atoms with E-state index in [-0.39, 0.29) is 11.9 Å². The molecule has 116 valence electrons. The van der Waals surface area contributed by atoms with Crippen LogP contribution in [0.15, 0.2) is 48.5 Å². The van der Waals surface area contributed by atoms with Crippen LogP contribution in [0.2, 0.25) is 10.0 Å². The number of nitrogens with zero attached hydrogens (tertiary/aromatic N) is 1. The molecule has 0 bridgehead atoms. The van der Waals surface area contributed by atoms with Crippen LogP contribution in [0.3, 0.4) is 0 Å². The molecule has 22 heavy (non-hydrogen) atoms. The molecule has 5 heteroatoms. The van der Waals surface area contributed by atoms with Crippen molar-refractivity contribution in [3.63, 3.8) is 0 Å². The molecule has 0 heterocycles. The zero-order chi connectivity index (χ0) is 16.1. The van der Waals surface area contributed by atoms with Gasteiger partial charge in [0.25, 0.3) is 0 Å². The number of nitrogens with one attached hydrogen (secondary N) is 1. The Labute approximate surface area is 140 Å². The van der Waals surface area contributed by atoms with Crippen LogP contribution in [-0.2, 0) is 11.3 Å². The third kappa shape index (κ3) is 4.23. The van der Waals surface area contributed by atoms with E-state index in [4.69, 9.17) is 23.2 Å². The Hall–Kier alpha value is -1.55. The van der Waals surface area contributed by atoms with Crippen LogP contribution in [-0.4, -0.2) is 23.9 Å². The Morgan fingerprint density at radius 1 is 1.14 bits per heavy atom. The average molecular weight is 337 g/mol. The van der Waals surface area contributed by atoms with Gasteiger partial charge in [0, 0.05) is 12.2 Å². The molecule has 1 atom stereocenters. The van der Waals surface area contributed by atoms with Crippen molar-refractivity contribution < 1.29 is 4.79 Å². The van der Waals surface area contributed by atoms with Gasteiger partial charge in [-0.1, -0.05) is 53.5 Å². The van der Waals surface area contributed by atoms with Gasteiger partial charge in [-0.05, 0) is 37.7 Å². The van der Waals surface area contributed by atoms with Gasteiger partial charge >= 0.3 is 0 Å². The molecule has 2 rings (SSSR count). The molecule has 0 saturated carbocycles. The Balaban J connectivity index is 2.01. The van der Waals surface area contributed by atoms with E-state index in [1.807, 2.05) is 61.3 Å². The number of para-hydroxylation sites is 1. The van der Waals surface area contributed by atoms with Crippen LogP contribution >= 0.6 is 23.2 Å². The second-order valence-electron chi connectivity index (χ2n) is 5.16. The van der Waals surface area contributed by atoms with Gasteiger partial charge in [-0.25, -0.2) is 0 Å². The smallest absolute Gasteiger partial charge is 0.241 e. The van der Waals surface area contributed by atoms with Crippen LogP contribution in [0.5, 0.6) is 0 Å². The summed E-state index contributed by atoms with van der Waals surface area (Å²) in [5.41, 5.74) is 1.68. The van der Waals surface area contributed by atoms with Crippen molar-refractivity contribution in [2.24, 2.45) is 0 Å². The number of hydrogen-bond donors (Lipinski definition) is 1. The summed E-state index contributed by atoms with van der Waals surface area (Å²) in [5.74, 6) is -0.0631. The lowest BCUT2D eigenvalue weighted by atomic mass is 10.2. The topological polar surface area (TPSA) is 32.3 Å². The van der Waals surface area contributed by atoms with Crippen LogP contribution in [0.4, 0.5) is 5.69 Å². The van der Waals surface area contributed by atoms with E-state index in [0.29, 0.717) is 16.6 Å². The van der Waals surface area contributed by atoms with Crippen molar-refractivity contribution in [3.05, 3.63) is 64.1 Å². The molecule has 2 aromatic carbocycles. The lowest BCUT2D eigenvalue weighted by Crippen LogP contribution is -2.39. The first-order valence-electron chi connectivity index (χ1n) is 6.98. The maximum atomic E-state index is 12.3. The first-order chi connectivity index (χ1) is 10.5. The van der Waals surface area contributed by atoms with Crippen molar-refractivity contribution in [2.45, 2.75) is 19.5 Å². The first kappa shape index (κ1) is 16.8. The van der Waals surface area contributed by atoms with Gasteiger partial charge < -0.3 is 5.32 Å². The van der Waals surface area contributed by atoms with Gasteiger partial charge in [0.2, 0.25) is 5.91 Å². The van der Waals surface area contributed by atoms with Gasteiger partial charge in [-0.2, -0.15) is 0 Å². The van der Waals surface area contributed by atoms with Gasteiger partial charge in [0.1, 0.15) is 0 Å². The van der Waals surface area contributed by atoms with E-state index in [2.05, 4.69) is 5.32 Å². The Morgan fingerprint density at radius 2 is 1.82 bits per heavy atom. The van der Waals surface area contributed by atoms with Crippen LogP contribution < -0.4 is 5.32 Å². The van der Waals surface area contributed by atoms with Crippen molar-refractivity contribution in [1.29, 1.82) is 0 Å². The zero-order valence-corrected chi connectivity index (χ0v) is 14.0. The highest BCUT2D eigenvalue weighted by molar-refractivity contribution is 6.42. The number of amides is 1. The largest absolute Gasteiger partial charge is 0.325 e. The van der Waals surface area contributed by atoms with Crippen molar-refractivity contribution >= 4 is 34.8 Å². The summed E-state index contributed by atoms with van der Waals surface area (Å²) in [5, 5.41) is 3.95. The molecule has 1 amide bonds. The van der Waals surface area contributed by atoms with E-state index < -0.39 is 0 Å². The third-order valence-electron chi connectivity index (χ3n) is 3.53. The standard InChI is InChI=1S/C17H18Cl2N2O/c1-12(17(22)20-14-8-4-3-5-9-14)21(2)11-13-7-6-10-15(18)16(13)19/h3-10,12H,11H2,1-2H3,(H,20,22)/t12-/m0/s1. The predicted octanol–water partition coefficient (Wildman–Crippen LogP) is 4.45. The maximum Gasteiger partial charge on any atom is 0.241 e. The molecule has 2 aromatic rings. The highest BCUT2D eigenvalue weighted by atomic mass is 35.5. The fraction of sp³-hybridized carbons (Fsp3) is 0.235. The molecule has 1 N–H and O–H groups in total. The van der Waals surface area contributed by atoms with E-state index in [0.717, 1.165) is 11.3 Å². The summed E-state index contributed by atoms with van der Waals surface area (Å²) in [6.45, 7) is 2.40.